The summed E-state index contributed by atoms with van der Waals surface area (Å²) >= 11 is 2.19. The third-order valence-corrected chi connectivity index (χ3v) is 8.52. The molecule has 198 valence electrons. The van der Waals surface area contributed by atoms with Crippen LogP contribution in [0.2, 0.25) is 0 Å². The molecular formula is C26H52O6S. The topological polar surface area (TPSA) is 99.4 Å². The van der Waals surface area contributed by atoms with Crippen molar-refractivity contribution in [1.82, 2.24) is 0 Å². The van der Waals surface area contributed by atoms with Crippen molar-refractivity contribution in [1.29, 1.82) is 0 Å². The summed E-state index contributed by atoms with van der Waals surface area (Å²) in [6, 6.07) is 0. The number of thioether (sulfide) groups is 1. The fourth-order valence-electron chi connectivity index (χ4n) is 4.61. The number of aliphatic hydroxyl groups excluding tert-OH is 4. The molecule has 1 saturated heterocycles. The van der Waals surface area contributed by atoms with Gasteiger partial charge in [-0.05, 0) is 43.8 Å². The average Bonchev–Trinajstić information content (AvgIpc) is 2.82. The Balaban J connectivity index is 2.17. The SMILES string of the molecule is CCCCCCC(CCCCCCCOC[C@H]1OC(O)[C@@H](O)[C@@H](O)[C@@H]1O)C(CC)SCCC. The van der Waals surface area contributed by atoms with Gasteiger partial charge in [-0.25, -0.2) is 0 Å². The molecule has 1 rings (SSSR count). The van der Waals surface area contributed by atoms with E-state index in [1.54, 1.807) is 0 Å². The van der Waals surface area contributed by atoms with Crippen LogP contribution >= 0.6 is 11.8 Å². The zero-order valence-corrected chi connectivity index (χ0v) is 22.2. The Labute approximate surface area is 206 Å². The number of aliphatic hydroxyl groups is 4. The molecule has 0 aromatic rings. The van der Waals surface area contributed by atoms with E-state index in [-0.39, 0.29) is 6.61 Å². The molecule has 0 amide bonds. The predicted octanol–water partition coefficient (Wildman–Crippen LogP) is 4.65. The Morgan fingerprint density at radius 2 is 1.39 bits per heavy atom. The van der Waals surface area contributed by atoms with Gasteiger partial charge in [0.05, 0.1) is 6.61 Å². The van der Waals surface area contributed by atoms with Crippen molar-refractivity contribution >= 4 is 11.8 Å². The lowest BCUT2D eigenvalue weighted by Crippen LogP contribution is -2.58. The molecule has 0 aliphatic carbocycles. The summed E-state index contributed by atoms with van der Waals surface area (Å²) in [7, 11) is 0. The molecule has 0 bridgehead atoms. The molecule has 3 unspecified atom stereocenters. The van der Waals surface area contributed by atoms with Crippen molar-refractivity contribution in [3.05, 3.63) is 0 Å². The number of ether oxygens (including phenoxy) is 2. The van der Waals surface area contributed by atoms with Gasteiger partial charge in [0, 0.05) is 11.9 Å². The second-order valence-electron chi connectivity index (χ2n) is 9.60. The van der Waals surface area contributed by atoms with E-state index in [2.05, 4.69) is 32.5 Å². The number of hydrogen-bond acceptors (Lipinski definition) is 7. The molecule has 4 N–H and O–H groups in total. The van der Waals surface area contributed by atoms with E-state index in [4.69, 9.17) is 9.47 Å². The van der Waals surface area contributed by atoms with Crippen molar-refractivity contribution in [2.45, 2.75) is 140 Å². The Bertz CT molecular complexity index is 454. The highest BCUT2D eigenvalue weighted by Gasteiger charge is 2.42. The third-order valence-electron chi connectivity index (χ3n) is 6.73. The molecule has 1 fully saturated rings. The first-order chi connectivity index (χ1) is 16.0. The van der Waals surface area contributed by atoms with E-state index in [9.17, 15) is 20.4 Å². The minimum atomic E-state index is -1.50. The molecule has 7 heteroatoms. The van der Waals surface area contributed by atoms with Gasteiger partial charge in [0.2, 0.25) is 0 Å². The van der Waals surface area contributed by atoms with Crippen molar-refractivity contribution in [3.63, 3.8) is 0 Å². The summed E-state index contributed by atoms with van der Waals surface area (Å²) in [5.74, 6) is 2.14. The van der Waals surface area contributed by atoms with E-state index >= 15 is 0 Å². The summed E-state index contributed by atoms with van der Waals surface area (Å²) in [6.07, 6.45) is 10.0. The van der Waals surface area contributed by atoms with Crippen LogP contribution in [0.25, 0.3) is 0 Å². The first-order valence-corrected chi connectivity index (χ1v) is 14.6. The molecule has 1 aliphatic heterocycles. The molecule has 0 saturated carbocycles. The van der Waals surface area contributed by atoms with Gasteiger partial charge in [-0.3, -0.25) is 0 Å². The van der Waals surface area contributed by atoms with Gasteiger partial charge >= 0.3 is 0 Å². The van der Waals surface area contributed by atoms with Crippen LogP contribution < -0.4 is 0 Å². The molecule has 6 nitrogen and oxygen atoms in total. The lowest BCUT2D eigenvalue weighted by molar-refractivity contribution is -0.288. The Kier molecular flexibility index (Phi) is 18.2. The molecule has 7 atom stereocenters. The van der Waals surface area contributed by atoms with Gasteiger partial charge < -0.3 is 29.9 Å². The largest absolute Gasteiger partial charge is 0.387 e. The summed E-state index contributed by atoms with van der Waals surface area (Å²) in [5, 5.41) is 39.5. The van der Waals surface area contributed by atoms with E-state index < -0.39 is 30.7 Å². The van der Waals surface area contributed by atoms with Crippen LogP contribution in [0.3, 0.4) is 0 Å². The highest BCUT2D eigenvalue weighted by Crippen LogP contribution is 2.32. The van der Waals surface area contributed by atoms with Crippen LogP contribution in [-0.4, -0.2) is 75.3 Å². The van der Waals surface area contributed by atoms with Gasteiger partial charge in [-0.1, -0.05) is 72.1 Å². The summed E-state index contributed by atoms with van der Waals surface area (Å²) in [6.45, 7) is 7.57. The smallest absolute Gasteiger partial charge is 0.184 e. The highest BCUT2D eigenvalue weighted by atomic mass is 32.2. The predicted molar refractivity (Wildman–Crippen MR) is 136 cm³/mol. The van der Waals surface area contributed by atoms with Crippen LogP contribution in [0, 0.1) is 5.92 Å². The van der Waals surface area contributed by atoms with Crippen molar-refractivity contribution in [2.75, 3.05) is 19.0 Å². The van der Waals surface area contributed by atoms with Gasteiger partial charge in [-0.2, -0.15) is 11.8 Å². The molecular weight excluding hydrogens is 440 g/mol. The first-order valence-electron chi connectivity index (χ1n) is 13.5. The van der Waals surface area contributed by atoms with Crippen LogP contribution in [0.1, 0.15) is 104 Å². The lowest BCUT2D eigenvalue weighted by atomic mass is 9.90. The maximum Gasteiger partial charge on any atom is 0.184 e. The number of hydrogen-bond donors (Lipinski definition) is 4. The minimum absolute atomic E-state index is 0.0928. The zero-order valence-electron chi connectivity index (χ0n) is 21.4. The second-order valence-corrected chi connectivity index (χ2v) is 10.9. The van der Waals surface area contributed by atoms with E-state index in [1.807, 2.05) is 0 Å². The van der Waals surface area contributed by atoms with Gasteiger partial charge in [0.25, 0.3) is 0 Å². The van der Waals surface area contributed by atoms with E-state index in [0.29, 0.717) is 6.61 Å². The van der Waals surface area contributed by atoms with E-state index in [1.165, 1.54) is 76.4 Å². The minimum Gasteiger partial charge on any atom is -0.387 e. The van der Waals surface area contributed by atoms with Crippen molar-refractivity contribution < 1.29 is 29.9 Å². The summed E-state index contributed by atoms with van der Waals surface area (Å²) in [4.78, 5) is 0. The number of unbranched alkanes of at least 4 members (excludes halogenated alkanes) is 7. The molecule has 1 heterocycles. The van der Waals surface area contributed by atoms with E-state index in [0.717, 1.165) is 24.0 Å². The molecule has 33 heavy (non-hydrogen) atoms. The second kappa shape index (κ2) is 19.3. The lowest BCUT2D eigenvalue weighted by Gasteiger charge is -2.38. The standard InChI is InChI=1S/C26H52O6S/c1-4-7-8-12-15-20(22(6-3)33-18-5-2)16-13-10-9-11-14-17-31-19-21-23(27)24(28)25(29)26(30)32-21/h20-30H,4-19H2,1-3H3/t20?,21-,22?,23-,24+,25+,26?/m1/s1. The Morgan fingerprint density at radius 3 is 2.03 bits per heavy atom. The first kappa shape index (κ1) is 31.1. The molecule has 0 aromatic carbocycles. The number of rotatable bonds is 20. The van der Waals surface area contributed by atoms with Crippen molar-refractivity contribution in [2.24, 2.45) is 5.92 Å². The molecule has 0 spiro atoms. The monoisotopic (exact) mass is 492 g/mol. The summed E-state index contributed by atoms with van der Waals surface area (Å²) in [5.41, 5.74) is 0. The highest BCUT2D eigenvalue weighted by molar-refractivity contribution is 7.99. The molecule has 0 aromatic heterocycles. The van der Waals surface area contributed by atoms with Crippen LogP contribution in [0.5, 0.6) is 0 Å². The zero-order chi connectivity index (χ0) is 24.5. The van der Waals surface area contributed by atoms with Gasteiger partial charge in [0.1, 0.15) is 24.4 Å². The fraction of sp³-hybridized carbons (Fsp3) is 1.00. The third kappa shape index (κ3) is 12.6. The Morgan fingerprint density at radius 1 is 0.758 bits per heavy atom. The van der Waals surface area contributed by atoms with Gasteiger partial charge in [0.15, 0.2) is 6.29 Å². The van der Waals surface area contributed by atoms with Gasteiger partial charge in [-0.15, -0.1) is 0 Å². The van der Waals surface area contributed by atoms with Crippen LogP contribution in [0.4, 0.5) is 0 Å². The normalized spacial score (nSPS) is 27.5. The maximum atomic E-state index is 9.93. The molecule has 0 radical (unpaired) electrons. The molecule has 1 aliphatic rings. The van der Waals surface area contributed by atoms with Crippen LogP contribution in [0.15, 0.2) is 0 Å². The van der Waals surface area contributed by atoms with Crippen LogP contribution in [-0.2, 0) is 9.47 Å². The fourth-order valence-corrected chi connectivity index (χ4v) is 5.93. The Hall–Kier alpha value is 0.110. The average molecular weight is 493 g/mol. The quantitative estimate of drug-likeness (QED) is 0.184. The van der Waals surface area contributed by atoms with Crippen molar-refractivity contribution in [3.8, 4) is 0 Å². The maximum absolute atomic E-state index is 9.93. The summed E-state index contributed by atoms with van der Waals surface area (Å²) < 4.78 is 10.7.